The number of para-hydroxylation sites is 1. The first-order valence-electron chi connectivity index (χ1n) is 10.1. The van der Waals surface area contributed by atoms with E-state index in [2.05, 4.69) is 22.1 Å². The highest BCUT2D eigenvalue weighted by molar-refractivity contribution is 6.03. The molecule has 2 aliphatic rings. The van der Waals surface area contributed by atoms with Crippen LogP contribution in [0.3, 0.4) is 0 Å². The van der Waals surface area contributed by atoms with Crippen molar-refractivity contribution in [3.05, 3.63) is 48.2 Å². The van der Waals surface area contributed by atoms with Gasteiger partial charge in [-0.15, -0.1) is 0 Å². The number of hydrogen-bond donors (Lipinski definition) is 1. The van der Waals surface area contributed by atoms with Crippen molar-refractivity contribution in [3.63, 3.8) is 0 Å². The normalized spacial score (nSPS) is 19.3. The van der Waals surface area contributed by atoms with Crippen LogP contribution in [-0.4, -0.2) is 36.4 Å². The fourth-order valence-electron chi connectivity index (χ4n) is 4.04. The number of nitrogens with zero attached hydrogens (tertiary/aromatic N) is 3. The van der Waals surface area contributed by atoms with Crippen molar-refractivity contribution < 1.29 is 9.59 Å². The van der Waals surface area contributed by atoms with Crippen LogP contribution in [0.15, 0.2) is 42.6 Å². The summed E-state index contributed by atoms with van der Waals surface area (Å²) in [7, 11) is 0. The van der Waals surface area contributed by atoms with Gasteiger partial charge < -0.3 is 15.1 Å². The Morgan fingerprint density at radius 2 is 1.96 bits per heavy atom. The van der Waals surface area contributed by atoms with Crippen LogP contribution < -0.4 is 15.1 Å². The fraction of sp³-hybridized carbons (Fsp3) is 0.409. The predicted molar refractivity (Wildman–Crippen MR) is 111 cm³/mol. The topological polar surface area (TPSA) is 65.5 Å². The summed E-state index contributed by atoms with van der Waals surface area (Å²) in [6, 6.07) is 11.7. The molecule has 2 aromatic rings. The molecule has 0 spiro atoms. The van der Waals surface area contributed by atoms with E-state index in [1.807, 2.05) is 42.6 Å². The number of aryl methyl sites for hydroxylation is 1. The lowest BCUT2D eigenvalue weighted by molar-refractivity contribution is -0.122. The molecule has 1 atom stereocenters. The van der Waals surface area contributed by atoms with Crippen molar-refractivity contribution in [2.45, 2.75) is 32.6 Å². The lowest BCUT2D eigenvalue weighted by Gasteiger charge is -2.20. The smallest absolute Gasteiger partial charge is 0.230 e. The summed E-state index contributed by atoms with van der Waals surface area (Å²) >= 11 is 0. The second kappa shape index (κ2) is 8.00. The Morgan fingerprint density at radius 1 is 1.18 bits per heavy atom. The van der Waals surface area contributed by atoms with Crippen molar-refractivity contribution in [2.24, 2.45) is 5.92 Å². The fourth-order valence-corrected chi connectivity index (χ4v) is 4.04. The van der Waals surface area contributed by atoms with Crippen LogP contribution in [0.2, 0.25) is 0 Å². The standard InChI is InChI=1S/C22H26N4O2/c1-2-16-7-3-4-8-19(16)26-15-17(13-21(26)27)22(28)24-20-10-9-18(14-23-20)25-11-5-6-12-25/h3-4,7-10,14,17H,2,5-6,11-13,15H2,1H3,(H,23,24,28). The molecule has 0 radical (unpaired) electrons. The average Bonchev–Trinajstić information content (AvgIpc) is 3.38. The summed E-state index contributed by atoms with van der Waals surface area (Å²) in [5, 5.41) is 2.88. The Balaban J connectivity index is 1.41. The molecule has 1 unspecified atom stereocenters. The zero-order valence-electron chi connectivity index (χ0n) is 16.2. The Kier molecular flexibility index (Phi) is 5.28. The van der Waals surface area contributed by atoms with Gasteiger partial charge in [0.1, 0.15) is 5.82 Å². The summed E-state index contributed by atoms with van der Waals surface area (Å²) in [4.78, 5) is 33.7. The zero-order valence-corrected chi connectivity index (χ0v) is 16.2. The highest BCUT2D eigenvalue weighted by atomic mass is 16.2. The second-order valence-corrected chi connectivity index (χ2v) is 7.47. The van der Waals surface area contributed by atoms with Crippen molar-refractivity contribution in [1.29, 1.82) is 0 Å². The Morgan fingerprint density at radius 3 is 2.68 bits per heavy atom. The minimum atomic E-state index is -0.363. The first-order valence-corrected chi connectivity index (χ1v) is 10.1. The molecular weight excluding hydrogens is 352 g/mol. The van der Waals surface area contributed by atoms with E-state index in [4.69, 9.17) is 0 Å². The van der Waals surface area contributed by atoms with Crippen molar-refractivity contribution in [1.82, 2.24) is 4.98 Å². The van der Waals surface area contributed by atoms with Gasteiger partial charge in [-0.05, 0) is 43.0 Å². The number of carbonyl (C=O) groups is 2. The van der Waals surface area contributed by atoms with Crippen LogP contribution in [0, 0.1) is 5.92 Å². The van der Waals surface area contributed by atoms with Crippen molar-refractivity contribution >= 4 is 29.0 Å². The molecule has 1 aromatic heterocycles. The van der Waals surface area contributed by atoms with Crippen molar-refractivity contribution in [2.75, 3.05) is 34.8 Å². The number of nitrogens with one attached hydrogen (secondary N) is 1. The SMILES string of the molecule is CCc1ccccc1N1CC(C(=O)Nc2ccc(N3CCCC3)cn2)CC1=O. The number of anilines is 3. The summed E-state index contributed by atoms with van der Waals surface area (Å²) in [6.45, 7) is 4.61. The molecule has 4 rings (SSSR count). The summed E-state index contributed by atoms with van der Waals surface area (Å²) < 4.78 is 0. The van der Waals surface area contributed by atoms with E-state index in [0.29, 0.717) is 12.4 Å². The maximum absolute atomic E-state index is 12.7. The van der Waals surface area contributed by atoms with E-state index in [-0.39, 0.29) is 24.2 Å². The summed E-state index contributed by atoms with van der Waals surface area (Å²) in [6.07, 6.45) is 5.32. The number of benzene rings is 1. The quantitative estimate of drug-likeness (QED) is 0.867. The highest BCUT2D eigenvalue weighted by Gasteiger charge is 2.35. The zero-order chi connectivity index (χ0) is 19.5. The molecule has 146 valence electrons. The Labute approximate surface area is 165 Å². The number of carbonyl (C=O) groups excluding carboxylic acids is 2. The van der Waals surface area contributed by atoms with Crippen LogP contribution in [0.4, 0.5) is 17.2 Å². The van der Waals surface area contributed by atoms with Crippen molar-refractivity contribution in [3.8, 4) is 0 Å². The maximum atomic E-state index is 12.7. The van der Waals surface area contributed by atoms with E-state index < -0.39 is 0 Å². The van der Waals surface area contributed by atoms with E-state index in [9.17, 15) is 9.59 Å². The predicted octanol–water partition coefficient (Wildman–Crippen LogP) is 3.24. The van der Waals surface area contributed by atoms with E-state index in [1.54, 1.807) is 4.90 Å². The van der Waals surface area contributed by atoms with Gasteiger partial charge in [0.05, 0.1) is 17.8 Å². The van der Waals surface area contributed by atoms with Gasteiger partial charge >= 0.3 is 0 Å². The first kappa shape index (κ1) is 18.5. The monoisotopic (exact) mass is 378 g/mol. The largest absolute Gasteiger partial charge is 0.370 e. The lowest BCUT2D eigenvalue weighted by Crippen LogP contribution is -2.29. The van der Waals surface area contributed by atoms with Gasteiger partial charge in [0.25, 0.3) is 0 Å². The third-order valence-corrected chi connectivity index (χ3v) is 5.63. The molecule has 0 saturated carbocycles. The number of rotatable bonds is 5. The van der Waals surface area contributed by atoms with Crippen LogP contribution in [0.1, 0.15) is 31.7 Å². The van der Waals surface area contributed by atoms with Crippen LogP contribution in [0.25, 0.3) is 0 Å². The highest BCUT2D eigenvalue weighted by Crippen LogP contribution is 2.29. The van der Waals surface area contributed by atoms with Gasteiger partial charge in [0.15, 0.2) is 0 Å². The minimum absolute atomic E-state index is 0.00149. The van der Waals surface area contributed by atoms with E-state index in [1.165, 1.54) is 12.8 Å². The third-order valence-electron chi connectivity index (χ3n) is 5.63. The second-order valence-electron chi connectivity index (χ2n) is 7.47. The molecule has 6 nitrogen and oxygen atoms in total. The Hall–Kier alpha value is -2.89. The van der Waals surface area contributed by atoms with E-state index in [0.717, 1.165) is 36.4 Å². The summed E-state index contributed by atoms with van der Waals surface area (Å²) in [5.74, 6) is 0.0231. The van der Waals surface area contributed by atoms with Crippen LogP contribution in [-0.2, 0) is 16.0 Å². The molecule has 1 aromatic carbocycles. The number of amides is 2. The summed E-state index contributed by atoms with van der Waals surface area (Å²) in [5.41, 5.74) is 3.13. The molecule has 2 fully saturated rings. The first-order chi connectivity index (χ1) is 13.7. The number of pyridine rings is 1. The minimum Gasteiger partial charge on any atom is -0.370 e. The van der Waals surface area contributed by atoms with Gasteiger partial charge in [-0.25, -0.2) is 4.98 Å². The molecule has 3 heterocycles. The number of aromatic nitrogens is 1. The van der Waals surface area contributed by atoms with Gasteiger partial charge in [-0.2, -0.15) is 0 Å². The third kappa shape index (κ3) is 3.72. The van der Waals surface area contributed by atoms with Gasteiger partial charge in [0, 0.05) is 31.7 Å². The molecule has 0 bridgehead atoms. The van der Waals surface area contributed by atoms with Gasteiger partial charge in [0.2, 0.25) is 11.8 Å². The average molecular weight is 378 g/mol. The maximum Gasteiger partial charge on any atom is 0.230 e. The molecule has 2 aliphatic heterocycles. The lowest BCUT2D eigenvalue weighted by atomic mass is 10.1. The molecule has 0 aliphatic carbocycles. The Bertz CT molecular complexity index is 859. The molecule has 6 heteroatoms. The molecule has 2 amide bonds. The molecule has 2 saturated heterocycles. The number of hydrogen-bond acceptors (Lipinski definition) is 4. The van der Waals surface area contributed by atoms with Crippen LogP contribution >= 0.6 is 0 Å². The molecule has 1 N–H and O–H groups in total. The van der Waals surface area contributed by atoms with E-state index >= 15 is 0 Å². The van der Waals surface area contributed by atoms with Gasteiger partial charge in [-0.1, -0.05) is 25.1 Å². The van der Waals surface area contributed by atoms with Gasteiger partial charge in [-0.3, -0.25) is 9.59 Å². The molecule has 28 heavy (non-hydrogen) atoms. The molecular formula is C22H26N4O2. The van der Waals surface area contributed by atoms with Crippen LogP contribution in [0.5, 0.6) is 0 Å².